The second-order valence-corrected chi connectivity index (χ2v) is 7.14. The molecule has 0 aromatic rings. The average Bonchev–Trinajstić information content (AvgIpc) is 2.94. The van der Waals surface area contributed by atoms with Crippen LogP contribution in [-0.4, -0.2) is 67.0 Å². The fourth-order valence-electron chi connectivity index (χ4n) is 4.02. The Kier molecular flexibility index (Phi) is 5.75. The Bertz CT molecular complexity index is 415. The lowest BCUT2D eigenvalue weighted by molar-refractivity contribution is -0.136. The van der Waals surface area contributed by atoms with Gasteiger partial charge >= 0.3 is 6.03 Å². The summed E-state index contributed by atoms with van der Waals surface area (Å²) in [4.78, 5) is 29.0. The second-order valence-electron chi connectivity index (χ2n) is 7.14. The van der Waals surface area contributed by atoms with Crippen LogP contribution in [0.25, 0.3) is 0 Å². The zero-order valence-corrected chi connectivity index (χ0v) is 14.1. The van der Waals surface area contributed by atoms with Crippen molar-refractivity contribution in [2.24, 2.45) is 5.92 Å². The molecule has 0 spiro atoms. The summed E-state index contributed by atoms with van der Waals surface area (Å²) in [5.41, 5.74) is 0. The first-order valence-electron chi connectivity index (χ1n) is 9.29. The molecule has 3 amide bonds. The van der Waals surface area contributed by atoms with Gasteiger partial charge in [0, 0.05) is 38.8 Å². The molecule has 6 heteroatoms. The van der Waals surface area contributed by atoms with Crippen LogP contribution in [-0.2, 0) is 4.79 Å². The highest BCUT2D eigenvalue weighted by atomic mass is 16.2. The van der Waals surface area contributed by atoms with Gasteiger partial charge in [0.25, 0.3) is 0 Å². The van der Waals surface area contributed by atoms with Gasteiger partial charge in [-0.2, -0.15) is 0 Å². The number of hydrogen-bond acceptors (Lipinski definition) is 3. The van der Waals surface area contributed by atoms with E-state index < -0.39 is 0 Å². The summed E-state index contributed by atoms with van der Waals surface area (Å²) in [6.45, 7) is 4.88. The summed E-state index contributed by atoms with van der Waals surface area (Å²) in [7, 11) is 0. The maximum absolute atomic E-state index is 12.8. The molecule has 6 nitrogen and oxygen atoms in total. The first-order valence-corrected chi connectivity index (χ1v) is 9.29. The Morgan fingerprint density at radius 2 is 1.65 bits per heavy atom. The highest BCUT2D eigenvalue weighted by Crippen LogP contribution is 2.21. The van der Waals surface area contributed by atoms with Crippen LogP contribution in [0.1, 0.15) is 44.9 Å². The number of nitrogens with zero attached hydrogens (tertiary/aromatic N) is 2. The highest BCUT2D eigenvalue weighted by molar-refractivity contribution is 5.81. The van der Waals surface area contributed by atoms with Gasteiger partial charge < -0.3 is 20.4 Å². The Hall–Kier alpha value is -1.30. The van der Waals surface area contributed by atoms with Crippen molar-refractivity contribution in [1.29, 1.82) is 0 Å². The molecule has 2 aliphatic heterocycles. The van der Waals surface area contributed by atoms with Gasteiger partial charge in [0.15, 0.2) is 0 Å². The standard InChI is InChI=1S/C17H30N4O2/c22-16(20-11-4-8-18-9-12-20)14-5-3-10-21(13-14)17(23)19-15-6-1-2-7-15/h14-15,18H,1-13H2,(H,19,23). The largest absolute Gasteiger partial charge is 0.341 e. The lowest BCUT2D eigenvalue weighted by atomic mass is 9.96. The normalized spacial score (nSPS) is 26.9. The monoisotopic (exact) mass is 322 g/mol. The summed E-state index contributed by atoms with van der Waals surface area (Å²) in [6, 6.07) is 0.377. The number of rotatable bonds is 2. The third-order valence-electron chi connectivity index (χ3n) is 5.39. The Morgan fingerprint density at radius 3 is 2.48 bits per heavy atom. The second kappa shape index (κ2) is 7.99. The summed E-state index contributed by atoms with van der Waals surface area (Å²) in [6.07, 6.45) is 7.50. The minimum absolute atomic E-state index is 0.0174. The van der Waals surface area contributed by atoms with Crippen molar-refractivity contribution in [3.63, 3.8) is 0 Å². The van der Waals surface area contributed by atoms with Crippen LogP contribution in [0.3, 0.4) is 0 Å². The minimum Gasteiger partial charge on any atom is -0.341 e. The molecule has 1 unspecified atom stereocenters. The zero-order valence-electron chi connectivity index (χ0n) is 14.1. The van der Waals surface area contributed by atoms with E-state index >= 15 is 0 Å². The molecule has 3 aliphatic rings. The summed E-state index contributed by atoms with van der Waals surface area (Å²) >= 11 is 0. The molecular formula is C17H30N4O2. The third kappa shape index (κ3) is 4.37. The molecule has 2 N–H and O–H groups in total. The van der Waals surface area contributed by atoms with Crippen molar-refractivity contribution in [2.45, 2.75) is 51.0 Å². The number of amides is 3. The number of carbonyl (C=O) groups excluding carboxylic acids is 2. The van der Waals surface area contributed by atoms with Crippen molar-refractivity contribution < 1.29 is 9.59 Å². The first kappa shape index (κ1) is 16.6. The molecule has 0 radical (unpaired) electrons. The molecule has 0 aromatic heterocycles. The highest BCUT2D eigenvalue weighted by Gasteiger charge is 2.32. The molecule has 1 saturated carbocycles. The Morgan fingerprint density at radius 1 is 0.870 bits per heavy atom. The van der Waals surface area contributed by atoms with Crippen LogP contribution in [0.4, 0.5) is 4.79 Å². The van der Waals surface area contributed by atoms with E-state index in [0.717, 1.165) is 64.8 Å². The van der Waals surface area contributed by atoms with Crippen molar-refractivity contribution >= 4 is 11.9 Å². The van der Waals surface area contributed by atoms with E-state index in [2.05, 4.69) is 10.6 Å². The van der Waals surface area contributed by atoms with Gasteiger partial charge in [-0.05, 0) is 38.6 Å². The Labute approximate surface area is 139 Å². The molecule has 23 heavy (non-hydrogen) atoms. The maximum Gasteiger partial charge on any atom is 0.317 e. The lowest BCUT2D eigenvalue weighted by Gasteiger charge is -2.35. The minimum atomic E-state index is -0.0174. The van der Waals surface area contributed by atoms with Crippen LogP contribution in [0.5, 0.6) is 0 Å². The van der Waals surface area contributed by atoms with E-state index in [1.165, 1.54) is 12.8 Å². The summed E-state index contributed by atoms with van der Waals surface area (Å²) in [5.74, 6) is 0.225. The van der Waals surface area contributed by atoms with Crippen molar-refractivity contribution in [2.75, 3.05) is 39.3 Å². The molecule has 2 saturated heterocycles. The molecule has 1 atom stereocenters. The van der Waals surface area contributed by atoms with Gasteiger partial charge in [0.2, 0.25) is 5.91 Å². The van der Waals surface area contributed by atoms with Crippen LogP contribution in [0.2, 0.25) is 0 Å². The van der Waals surface area contributed by atoms with E-state index in [4.69, 9.17) is 0 Å². The zero-order chi connectivity index (χ0) is 16.1. The fraction of sp³-hybridized carbons (Fsp3) is 0.882. The van der Waals surface area contributed by atoms with Gasteiger partial charge in [0.05, 0.1) is 5.92 Å². The van der Waals surface area contributed by atoms with E-state index in [-0.39, 0.29) is 17.9 Å². The predicted molar refractivity (Wildman–Crippen MR) is 89.2 cm³/mol. The average molecular weight is 322 g/mol. The maximum atomic E-state index is 12.8. The number of likely N-dealkylation sites (tertiary alicyclic amines) is 1. The first-order chi connectivity index (χ1) is 11.2. The van der Waals surface area contributed by atoms with E-state index in [0.29, 0.717) is 12.6 Å². The third-order valence-corrected chi connectivity index (χ3v) is 5.39. The molecule has 0 bridgehead atoms. The lowest BCUT2D eigenvalue weighted by Crippen LogP contribution is -2.51. The van der Waals surface area contributed by atoms with Gasteiger partial charge in [-0.1, -0.05) is 12.8 Å². The number of urea groups is 1. The number of carbonyl (C=O) groups is 2. The van der Waals surface area contributed by atoms with Crippen LogP contribution in [0, 0.1) is 5.92 Å². The van der Waals surface area contributed by atoms with Crippen LogP contribution in [0.15, 0.2) is 0 Å². The summed E-state index contributed by atoms with van der Waals surface area (Å²) < 4.78 is 0. The molecular weight excluding hydrogens is 292 g/mol. The van der Waals surface area contributed by atoms with Gasteiger partial charge in [-0.25, -0.2) is 4.79 Å². The number of piperidine rings is 1. The van der Waals surface area contributed by atoms with Crippen molar-refractivity contribution in [3.8, 4) is 0 Å². The van der Waals surface area contributed by atoms with E-state index in [1.54, 1.807) is 0 Å². The quantitative estimate of drug-likeness (QED) is 0.802. The predicted octanol–water partition coefficient (Wildman–Crippen LogP) is 1.17. The molecule has 130 valence electrons. The van der Waals surface area contributed by atoms with Gasteiger partial charge in [0.1, 0.15) is 0 Å². The van der Waals surface area contributed by atoms with Crippen molar-refractivity contribution in [3.05, 3.63) is 0 Å². The number of hydrogen-bond donors (Lipinski definition) is 2. The smallest absolute Gasteiger partial charge is 0.317 e. The van der Waals surface area contributed by atoms with E-state index in [1.807, 2.05) is 9.80 Å². The van der Waals surface area contributed by atoms with E-state index in [9.17, 15) is 9.59 Å². The molecule has 0 aromatic carbocycles. The fourth-order valence-corrected chi connectivity index (χ4v) is 4.02. The van der Waals surface area contributed by atoms with Gasteiger partial charge in [-0.3, -0.25) is 4.79 Å². The number of nitrogens with one attached hydrogen (secondary N) is 2. The van der Waals surface area contributed by atoms with Crippen molar-refractivity contribution in [1.82, 2.24) is 20.4 Å². The van der Waals surface area contributed by atoms with Gasteiger partial charge in [-0.15, -0.1) is 0 Å². The SMILES string of the molecule is O=C(NC1CCCC1)N1CCCC(C(=O)N2CCCNCC2)C1. The Balaban J connectivity index is 1.52. The van der Waals surface area contributed by atoms with Crippen LogP contribution >= 0.6 is 0 Å². The molecule has 1 aliphatic carbocycles. The summed E-state index contributed by atoms with van der Waals surface area (Å²) in [5, 5.41) is 6.48. The topological polar surface area (TPSA) is 64.7 Å². The molecule has 3 rings (SSSR count). The molecule has 3 fully saturated rings. The molecule has 2 heterocycles. The van der Waals surface area contributed by atoms with Crippen LogP contribution < -0.4 is 10.6 Å².